The molecule has 0 bridgehead atoms. The Bertz CT molecular complexity index is 684. The molecule has 11 nitrogen and oxygen atoms in total. The molecule has 168 valence electrons. The molecule has 0 aliphatic rings. The van der Waals surface area contributed by atoms with E-state index in [2.05, 4.69) is 6.58 Å². The van der Waals surface area contributed by atoms with Crippen molar-refractivity contribution in [3.63, 3.8) is 0 Å². The number of carboxylic acids is 1. The first kappa shape index (κ1) is 28.8. The van der Waals surface area contributed by atoms with Crippen LogP contribution in [0.3, 0.4) is 0 Å². The van der Waals surface area contributed by atoms with Crippen LogP contribution < -0.4 is 5.73 Å². The molecule has 0 aromatic rings. The fourth-order valence-electron chi connectivity index (χ4n) is 1.77. The molecule has 0 radical (unpaired) electrons. The van der Waals surface area contributed by atoms with Gasteiger partial charge in [-0.1, -0.05) is 6.58 Å². The number of hydrogen-bond acceptors (Lipinski definition) is 9. The lowest BCUT2D eigenvalue weighted by molar-refractivity contribution is -0.162. The van der Waals surface area contributed by atoms with Crippen molar-refractivity contribution in [2.45, 2.75) is 53.1 Å². The van der Waals surface area contributed by atoms with Crippen molar-refractivity contribution < 1.29 is 48.1 Å². The summed E-state index contributed by atoms with van der Waals surface area (Å²) in [6.07, 6.45) is -2.39. The van der Waals surface area contributed by atoms with Crippen LogP contribution in [0.2, 0.25) is 0 Å². The zero-order chi connectivity index (χ0) is 24.0. The quantitative estimate of drug-likeness (QED) is 0.245. The predicted octanol–water partition coefficient (Wildman–Crippen LogP) is 0.127. The number of carboxylic acid groups (broad SMARTS) is 1. The predicted molar refractivity (Wildman–Crippen MR) is 102 cm³/mol. The second-order valence-electron chi connectivity index (χ2n) is 6.44. The molecule has 0 spiro atoms. The second-order valence-corrected chi connectivity index (χ2v) is 6.44. The van der Waals surface area contributed by atoms with Gasteiger partial charge >= 0.3 is 17.9 Å². The first-order valence-corrected chi connectivity index (χ1v) is 8.69. The lowest BCUT2D eigenvalue weighted by Gasteiger charge is -2.20. The van der Waals surface area contributed by atoms with E-state index < -0.39 is 72.6 Å². The van der Waals surface area contributed by atoms with Gasteiger partial charge in [-0.3, -0.25) is 28.8 Å². The monoisotopic (exact) mass is 429 g/mol. The Balaban J connectivity index is 0. The summed E-state index contributed by atoms with van der Waals surface area (Å²) in [5.41, 5.74) is 5.29. The SMILES string of the molecule is C=C(C)C(=O)O.CC(=O)CC(=O)OCC(CC(C(C)=O)C(N)=O)OC(=O)CC(C)=O. The number of Topliss-reactive ketones (excluding diaryl/α,β-unsaturated/α-hetero) is 3. The molecule has 0 saturated carbocycles. The summed E-state index contributed by atoms with van der Waals surface area (Å²) < 4.78 is 9.76. The Hall–Kier alpha value is -3.37. The summed E-state index contributed by atoms with van der Waals surface area (Å²) in [6.45, 7) is 7.67. The van der Waals surface area contributed by atoms with E-state index >= 15 is 0 Å². The molecule has 2 unspecified atom stereocenters. The summed E-state index contributed by atoms with van der Waals surface area (Å²) in [7, 11) is 0. The number of hydrogen-bond donors (Lipinski definition) is 2. The van der Waals surface area contributed by atoms with Crippen LogP contribution in [0, 0.1) is 5.92 Å². The second kappa shape index (κ2) is 14.6. The number of rotatable bonds is 12. The molecule has 11 heteroatoms. The van der Waals surface area contributed by atoms with Crippen molar-refractivity contribution in [1.82, 2.24) is 0 Å². The molecule has 3 N–H and O–H groups in total. The highest BCUT2D eigenvalue weighted by Crippen LogP contribution is 2.13. The van der Waals surface area contributed by atoms with Gasteiger partial charge in [-0.2, -0.15) is 0 Å². The van der Waals surface area contributed by atoms with E-state index in [0.29, 0.717) is 0 Å². The number of amides is 1. The number of carbonyl (C=O) groups is 7. The maximum Gasteiger partial charge on any atom is 0.330 e. The van der Waals surface area contributed by atoms with Crippen molar-refractivity contribution in [3.05, 3.63) is 12.2 Å². The van der Waals surface area contributed by atoms with E-state index in [0.717, 1.165) is 6.92 Å². The highest BCUT2D eigenvalue weighted by Gasteiger charge is 2.28. The third-order valence-corrected chi connectivity index (χ3v) is 3.21. The van der Waals surface area contributed by atoms with Gasteiger partial charge in [-0.25, -0.2) is 4.79 Å². The third-order valence-electron chi connectivity index (χ3n) is 3.21. The van der Waals surface area contributed by atoms with Gasteiger partial charge in [0, 0.05) is 12.0 Å². The zero-order valence-electron chi connectivity index (χ0n) is 17.4. The summed E-state index contributed by atoms with van der Waals surface area (Å²) in [6, 6.07) is 0. The number of primary amides is 1. The fraction of sp³-hybridized carbons (Fsp3) is 0.526. The van der Waals surface area contributed by atoms with Crippen molar-refractivity contribution in [2.75, 3.05) is 6.61 Å². The third kappa shape index (κ3) is 15.7. The maximum atomic E-state index is 11.6. The van der Waals surface area contributed by atoms with Crippen molar-refractivity contribution in [3.8, 4) is 0 Å². The molecule has 0 aliphatic heterocycles. The van der Waals surface area contributed by atoms with Crippen LogP contribution in [0.15, 0.2) is 12.2 Å². The minimum absolute atomic E-state index is 0.176. The number of ketones is 3. The van der Waals surface area contributed by atoms with Gasteiger partial charge in [0.15, 0.2) is 0 Å². The number of carbonyl (C=O) groups excluding carboxylic acids is 6. The zero-order valence-corrected chi connectivity index (χ0v) is 17.4. The summed E-state index contributed by atoms with van der Waals surface area (Å²) in [5, 5.41) is 7.89. The first-order valence-electron chi connectivity index (χ1n) is 8.69. The van der Waals surface area contributed by atoms with Crippen LogP contribution in [0.1, 0.15) is 47.0 Å². The van der Waals surface area contributed by atoms with Crippen LogP contribution in [0.5, 0.6) is 0 Å². The molecule has 30 heavy (non-hydrogen) atoms. The number of aliphatic carboxylic acids is 1. The van der Waals surface area contributed by atoms with E-state index in [1.54, 1.807) is 0 Å². The Labute approximate surface area is 173 Å². The van der Waals surface area contributed by atoms with E-state index in [1.165, 1.54) is 20.8 Å². The van der Waals surface area contributed by atoms with E-state index in [9.17, 15) is 33.6 Å². The van der Waals surface area contributed by atoms with Crippen molar-refractivity contribution >= 4 is 41.2 Å². The van der Waals surface area contributed by atoms with Gasteiger partial charge in [-0.05, 0) is 27.7 Å². The molecule has 0 heterocycles. The van der Waals surface area contributed by atoms with Crippen LogP contribution in [0.25, 0.3) is 0 Å². The smallest absolute Gasteiger partial charge is 0.330 e. The topological polar surface area (TPSA) is 184 Å². The van der Waals surface area contributed by atoms with Gasteiger partial charge in [0.1, 0.15) is 42.9 Å². The Morgan fingerprint density at radius 2 is 1.33 bits per heavy atom. The summed E-state index contributed by atoms with van der Waals surface area (Å²) in [4.78, 5) is 77.0. The minimum Gasteiger partial charge on any atom is -0.478 e. The Morgan fingerprint density at radius 3 is 1.67 bits per heavy atom. The van der Waals surface area contributed by atoms with Crippen LogP contribution >= 0.6 is 0 Å². The van der Waals surface area contributed by atoms with Crippen molar-refractivity contribution in [1.29, 1.82) is 0 Å². The largest absolute Gasteiger partial charge is 0.478 e. The van der Waals surface area contributed by atoms with Crippen LogP contribution in [0.4, 0.5) is 0 Å². The number of ether oxygens (including phenoxy) is 2. The average Bonchev–Trinajstić information content (AvgIpc) is 2.55. The maximum absolute atomic E-state index is 11.6. The van der Waals surface area contributed by atoms with Crippen LogP contribution in [-0.2, 0) is 43.0 Å². The lowest BCUT2D eigenvalue weighted by Crippen LogP contribution is -2.36. The molecular weight excluding hydrogens is 402 g/mol. The Morgan fingerprint density at radius 1 is 0.900 bits per heavy atom. The van der Waals surface area contributed by atoms with Crippen LogP contribution in [-0.4, -0.2) is 59.0 Å². The normalized spacial score (nSPS) is 11.6. The standard InChI is InChI=1S/C15H21NO8.C4H6O2/c1-8(17)4-13(20)23-7-11(24-14(21)5-9(2)18)6-12(10(3)19)15(16)22;1-3(2)4(5)6/h11-12H,4-7H2,1-3H3,(H2,16,22);1H2,2H3,(H,5,6). The molecule has 2 atom stereocenters. The van der Waals surface area contributed by atoms with E-state index in [1.807, 2.05) is 0 Å². The first-order chi connectivity index (χ1) is 13.7. The molecule has 0 aromatic carbocycles. The number of nitrogens with two attached hydrogens (primary N) is 1. The van der Waals surface area contributed by atoms with E-state index in [-0.39, 0.29) is 12.0 Å². The molecule has 1 amide bonds. The van der Waals surface area contributed by atoms with Gasteiger partial charge in [0.25, 0.3) is 0 Å². The van der Waals surface area contributed by atoms with Crippen molar-refractivity contribution in [2.24, 2.45) is 11.7 Å². The highest BCUT2D eigenvalue weighted by molar-refractivity contribution is 5.99. The average molecular weight is 429 g/mol. The van der Waals surface area contributed by atoms with Gasteiger partial charge in [0.2, 0.25) is 5.91 Å². The lowest BCUT2D eigenvalue weighted by atomic mass is 9.97. The van der Waals surface area contributed by atoms with E-state index in [4.69, 9.17) is 20.3 Å². The summed E-state index contributed by atoms with van der Waals surface area (Å²) in [5.74, 6) is -6.19. The number of esters is 2. The molecule has 0 aliphatic carbocycles. The minimum atomic E-state index is -1.23. The van der Waals surface area contributed by atoms with Gasteiger partial charge in [0.05, 0.1) is 5.92 Å². The summed E-state index contributed by atoms with van der Waals surface area (Å²) >= 11 is 0. The molecular formula is C19H27NO10. The molecule has 0 rings (SSSR count). The highest BCUT2D eigenvalue weighted by atomic mass is 16.6. The van der Waals surface area contributed by atoms with Gasteiger partial charge in [-0.15, -0.1) is 0 Å². The molecule has 0 aromatic heterocycles. The molecule has 0 fully saturated rings. The molecule has 0 saturated heterocycles. The fourth-order valence-corrected chi connectivity index (χ4v) is 1.77. The Kier molecular flexibility index (Phi) is 14.0. The van der Waals surface area contributed by atoms with Gasteiger partial charge < -0.3 is 20.3 Å².